The third-order valence-corrected chi connectivity index (χ3v) is 4.78. The van der Waals surface area contributed by atoms with Crippen molar-refractivity contribution in [2.45, 2.75) is 19.8 Å². The molecule has 1 aliphatic rings. The first-order valence-corrected chi connectivity index (χ1v) is 7.97. The van der Waals surface area contributed by atoms with Crippen LogP contribution in [0.3, 0.4) is 0 Å². The fourth-order valence-electron chi connectivity index (χ4n) is 2.89. The molecule has 1 aliphatic carbocycles. The lowest BCUT2D eigenvalue weighted by Crippen LogP contribution is -1.99. The third kappa shape index (κ3) is 2.92. The average Bonchev–Trinajstić information content (AvgIpc) is 2.51. The fraction of sp³-hybridized carbons (Fsp3) is 0.158. The van der Waals surface area contributed by atoms with Gasteiger partial charge in [0.25, 0.3) is 0 Å². The standard InChI is InChI=1S/C19H16Cl2O/c1-12-16(13-5-8-15(22)9-6-13)3-2-4-17(12)14-7-10-18(20)19(21)11-14/h4-11,22H,2-3H2,1H3. The summed E-state index contributed by atoms with van der Waals surface area (Å²) < 4.78 is 0. The van der Waals surface area contributed by atoms with Crippen molar-refractivity contribution in [3.8, 4) is 5.75 Å². The first kappa shape index (κ1) is 15.2. The highest BCUT2D eigenvalue weighted by Crippen LogP contribution is 2.38. The van der Waals surface area contributed by atoms with E-state index < -0.39 is 0 Å². The maximum Gasteiger partial charge on any atom is 0.115 e. The first-order chi connectivity index (χ1) is 10.6. The number of phenolic OH excluding ortho intramolecular Hbond substituents is 1. The molecule has 3 heteroatoms. The van der Waals surface area contributed by atoms with Gasteiger partial charge in [0.05, 0.1) is 10.0 Å². The highest BCUT2D eigenvalue weighted by atomic mass is 35.5. The van der Waals surface area contributed by atoms with Crippen molar-refractivity contribution in [1.82, 2.24) is 0 Å². The van der Waals surface area contributed by atoms with Gasteiger partial charge < -0.3 is 5.11 Å². The topological polar surface area (TPSA) is 20.2 Å². The smallest absolute Gasteiger partial charge is 0.115 e. The van der Waals surface area contributed by atoms with E-state index in [2.05, 4.69) is 13.0 Å². The SMILES string of the molecule is CC1=C(c2ccc(O)cc2)CCC=C1c1ccc(Cl)c(Cl)c1. The van der Waals surface area contributed by atoms with Crippen molar-refractivity contribution in [3.63, 3.8) is 0 Å². The minimum absolute atomic E-state index is 0.290. The summed E-state index contributed by atoms with van der Waals surface area (Å²) in [6.45, 7) is 2.13. The molecule has 0 fully saturated rings. The minimum atomic E-state index is 0.290. The first-order valence-electron chi connectivity index (χ1n) is 7.21. The Bertz CT molecular complexity index is 771. The van der Waals surface area contributed by atoms with Gasteiger partial charge in [-0.3, -0.25) is 0 Å². The van der Waals surface area contributed by atoms with Crippen molar-refractivity contribution in [1.29, 1.82) is 0 Å². The van der Waals surface area contributed by atoms with Crippen LogP contribution < -0.4 is 0 Å². The van der Waals surface area contributed by atoms with Crippen LogP contribution in [0.2, 0.25) is 10.0 Å². The summed E-state index contributed by atoms with van der Waals surface area (Å²) in [6.07, 6.45) is 4.24. The van der Waals surface area contributed by atoms with E-state index in [0.29, 0.717) is 10.0 Å². The molecule has 0 aromatic heterocycles. The number of hydrogen-bond acceptors (Lipinski definition) is 1. The molecule has 1 N–H and O–H groups in total. The normalized spacial score (nSPS) is 15.0. The monoisotopic (exact) mass is 330 g/mol. The number of hydrogen-bond donors (Lipinski definition) is 1. The van der Waals surface area contributed by atoms with Gasteiger partial charge in [-0.05, 0) is 71.9 Å². The van der Waals surface area contributed by atoms with Crippen molar-refractivity contribution in [2.24, 2.45) is 0 Å². The molecule has 3 rings (SSSR count). The molecule has 0 atom stereocenters. The Kier molecular flexibility index (Phi) is 4.28. The minimum Gasteiger partial charge on any atom is -0.508 e. The lowest BCUT2D eigenvalue weighted by molar-refractivity contribution is 0.475. The van der Waals surface area contributed by atoms with E-state index in [9.17, 15) is 5.11 Å². The van der Waals surface area contributed by atoms with Crippen molar-refractivity contribution in [2.75, 3.05) is 0 Å². The molecule has 2 aromatic rings. The van der Waals surface area contributed by atoms with E-state index in [-0.39, 0.29) is 5.75 Å². The molecule has 0 heterocycles. The van der Waals surface area contributed by atoms with E-state index in [4.69, 9.17) is 23.2 Å². The van der Waals surface area contributed by atoms with Crippen LogP contribution >= 0.6 is 23.2 Å². The predicted molar refractivity (Wildman–Crippen MR) is 94.4 cm³/mol. The summed E-state index contributed by atoms with van der Waals surface area (Å²) in [5.74, 6) is 0.290. The summed E-state index contributed by atoms with van der Waals surface area (Å²) in [4.78, 5) is 0. The summed E-state index contributed by atoms with van der Waals surface area (Å²) >= 11 is 12.2. The Hall–Kier alpha value is -1.70. The van der Waals surface area contributed by atoms with Crippen LogP contribution in [0.1, 0.15) is 30.9 Å². The number of rotatable bonds is 2. The lowest BCUT2D eigenvalue weighted by atomic mass is 9.85. The van der Waals surface area contributed by atoms with Crippen LogP contribution in [0.4, 0.5) is 0 Å². The second kappa shape index (κ2) is 6.20. The quantitative estimate of drug-likeness (QED) is 0.680. The van der Waals surface area contributed by atoms with Crippen LogP contribution in [0, 0.1) is 0 Å². The predicted octanol–water partition coefficient (Wildman–Crippen LogP) is 6.35. The van der Waals surface area contributed by atoms with Gasteiger partial charge >= 0.3 is 0 Å². The third-order valence-electron chi connectivity index (χ3n) is 4.05. The zero-order chi connectivity index (χ0) is 15.7. The van der Waals surface area contributed by atoms with Gasteiger partial charge in [0.2, 0.25) is 0 Å². The molecular weight excluding hydrogens is 315 g/mol. The summed E-state index contributed by atoms with van der Waals surface area (Å²) in [5, 5.41) is 10.6. The van der Waals surface area contributed by atoms with Crippen LogP contribution in [0.15, 0.2) is 54.1 Å². The molecule has 0 saturated carbocycles. The van der Waals surface area contributed by atoms with E-state index >= 15 is 0 Å². The Balaban J connectivity index is 2.04. The molecule has 22 heavy (non-hydrogen) atoms. The summed E-state index contributed by atoms with van der Waals surface area (Å²) in [7, 11) is 0. The molecule has 0 aliphatic heterocycles. The van der Waals surface area contributed by atoms with E-state index in [1.165, 1.54) is 16.7 Å². The Morgan fingerprint density at radius 3 is 2.27 bits per heavy atom. The lowest BCUT2D eigenvalue weighted by Gasteiger charge is -2.20. The largest absolute Gasteiger partial charge is 0.508 e. The molecule has 0 radical (unpaired) electrons. The molecule has 0 amide bonds. The molecule has 2 aromatic carbocycles. The van der Waals surface area contributed by atoms with Crippen LogP contribution in [-0.4, -0.2) is 5.11 Å². The second-order valence-electron chi connectivity index (χ2n) is 5.44. The average molecular weight is 331 g/mol. The van der Waals surface area contributed by atoms with Gasteiger partial charge in [0.15, 0.2) is 0 Å². The van der Waals surface area contributed by atoms with Gasteiger partial charge in [-0.2, -0.15) is 0 Å². The molecule has 0 spiro atoms. The van der Waals surface area contributed by atoms with Gasteiger partial charge in [-0.25, -0.2) is 0 Å². The Morgan fingerprint density at radius 1 is 0.909 bits per heavy atom. The van der Waals surface area contributed by atoms with Crippen molar-refractivity contribution < 1.29 is 5.11 Å². The molecule has 0 saturated heterocycles. The number of phenols is 1. The zero-order valence-corrected chi connectivity index (χ0v) is 13.7. The van der Waals surface area contributed by atoms with E-state index in [1.54, 1.807) is 12.1 Å². The molecule has 112 valence electrons. The molecule has 0 bridgehead atoms. The Morgan fingerprint density at radius 2 is 1.59 bits per heavy atom. The van der Waals surface area contributed by atoms with Gasteiger partial charge in [-0.15, -0.1) is 0 Å². The maximum absolute atomic E-state index is 9.45. The number of allylic oxidation sites excluding steroid dienone is 4. The number of halogens is 2. The second-order valence-corrected chi connectivity index (χ2v) is 6.25. The fourth-order valence-corrected chi connectivity index (χ4v) is 3.18. The number of benzene rings is 2. The maximum atomic E-state index is 9.45. The number of aromatic hydroxyl groups is 1. The summed E-state index contributed by atoms with van der Waals surface area (Å²) in [5.41, 5.74) is 6.00. The van der Waals surface area contributed by atoms with Gasteiger partial charge in [0.1, 0.15) is 5.75 Å². The van der Waals surface area contributed by atoms with Crippen molar-refractivity contribution >= 4 is 34.3 Å². The molecular formula is C19H16Cl2O. The van der Waals surface area contributed by atoms with Crippen LogP contribution in [0.5, 0.6) is 5.75 Å². The van der Waals surface area contributed by atoms with E-state index in [0.717, 1.165) is 24.0 Å². The molecule has 0 unspecified atom stereocenters. The van der Waals surface area contributed by atoms with Gasteiger partial charge in [-0.1, -0.05) is 47.5 Å². The zero-order valence-electron chi connectivity index (χ0n) is 12.2. The van der Waals surface area contributed by atoms with Crippen LogP contribution in [-0.2, 0) is 0 Å². The molecule has 1 nitrogen and oxygen atoms in total. The Labute approximate surface area is 140 Å². The van der Waals surface area contributed by atoms with Crippen molar-refractivity contribution in [3.05, 3.63) is 75.3 Å². The van der Waals surface area contributed by atoms with Crippen LogP contribution in [0.25, 0.3) is 11.1 Å². The van der Waals surface area contributed by atoms with E-state index in [1.807, 2.05) is 30.3 Å². The highest BCUT2D eigenvalue weighted by Gasteiger charge is 2.16. The summed E-state index contributed by atoms with van der Waals surface area (Å²) in [6, 6.07) is 13.1. The highest BCUT2D eigenvalue weighted by molar-refractivity contribution is 6.42. The van der Waals surface area contributed by atoms with Gasteiger partial charge in [0, 0.05) is 0 Å².